The minimum Gasteiger partial charge on any atom is -0.307 e. The van der Waals surface area contributed by atoms with E-state index >= 15 is 0 Å². The third-order valence-electron chi connectivity index (χ3n) is 8.02. The number of hydrogen-bond acceptors (Lipinski definition) is 4. The summed E-state index contributed by atoms with van der Waals surface area (Å²) >= 11 is 0. The number of sulfone groups is 1. The topological polar surface area (TPSA) is 80.7 Å². The molecule has 0 aliphatic rings. The van der Waals surface area contributed by atoms with E-state index in [9.17, 15) is 8.42 Å². The van der Waals surface area contributed by atoms with Crippen LogP contribution in [0.4, 0.5) is 0 Å². The van der Waals surface area contributed by atoms with Gasteiger partial charge in [0.2, 0.25) is 9.84 Å². The molecule has 0 N–H and O–H groups in total. The molecule has 0 unspecified atom stereocenters. The Balaban J connectivity index is 1.42. The van der Waals surface area contributed by atoms with Crippen molar-refractivity contribution in [2.45, 2.75) is 9.79 Å². The lowest BCUT2D eigenvalue weighted by molar-refractivity contribution is 0.596. The first-order valence-corrected chi connectivity index (χ1v) is 15.3. The van der Waals surface area contributed by atoms with Crippen LogP contribution in [0.2, 0.25) is 0 Å². The third kappa shape index (κ3) is 3.71. The van der Waals surface area contributed by atoms with Crippen LogP contribution >= 0.6 is 0 Å². The molecule has 0 bridgehead atoms. The quantitative estimate of drug-likeness (QED) is 0.213. The minimum absolute atomic E-state index is 0.148. The van der Waals surface area contributed by atoms with Crippen molar-refractivity contribution < 1.29 is 8.42 Å². The van der Waals surface area contributed by atoms with Gasteiger partial charge in [0, 0.05) is 33.7 Å². The van der Waals surface area contributed by atoms with E-state index in [1.807, 2.05) is 66.9 Å². The number of pyridine rings is 1. The molecule has 0 saturated carbocycles. The first-order chi connectivity index (χ1) is 21.1. The maximum Gasteiger partial charge on any atom is 0.206 e. The Kier molecular flexibility index (Phi) is 5.48. The molecule has 204 valence electrons. The van der Waals surface area contributed by atoms with Gasteiger partial charge >= 0.3 is 0 Å². The Morgan fingerprint density at radius 1 is 0.558 bits per heavy atom. The number of fused-ring (bicyclic) bond motifs is 7. The summed E-state index contributed by atoms with van der Waals surface area (Å²) in [6, 6.07) is 41.8. The van der Waals surface area contributed by atoms with Crippen molar-refractivity contribution >= 4 is 53.6 Å². The minimum atomic E-state index is -3.76. The third-order valence-corrected chi connectivity index (χ3v) is 9.81. The molecule has 0 amide bonds. The van der Waals surface area contributed by atoms with Gasteiger partial charge in [-0.1, -0.05) is 54.6 Å². The number of benzene rings is 5. The normalized spacial score (nSPS) is 11.9. The lowest BCUT2D eigenvalue weighted by Crippen LogP contribution is -2.03. The van der Waals surface area contributed by atoms with Gasteiger partial charge in [0.25, 0.3) is 0 Å². The fraction of sp³-hybridized carbons (Fsp3) is 0. The fourth-order valence-electron chi connectivity index (χ4n) is 6.06. The average Bonchev–Trinajstić information content (AvgIpc) is 3.58. The molecule has 8 aromatic rings. The van der Waals surface area contributed by atoms with E-state index in [1.54, 1.807) is 12.1 Å². The monoisotopic (exact) mass is 574 g/mol. The van der Waals surface area contributed by atoms with Crippen LogP contribution in [0.3, 0.4) is 0 Å². The lowest BCUT2D eigenvalue weighted by atomic mass is 10.2. The zero-order valence-corrected chi connectivity index (χ0v) is 23.5. The Morgan fingerprint density at radius 3 is 1.77 bits per heavy atom. The summed E-state index contributed by atoms with van der Waals surface area (Å²) in [6.45, 7) is 0. The number of aromatic nitrogens is 3. The van der Waals surface area contributed by atoms with Crippen molar-refractivity contribution in [3.8, 4) is 17.4 Å². The second-order valence-corrected chi connectivity index (χ2v) is 12.3. The number of rotatable bonds is 4. The van der Waals surface area contributed by atoms with Crippen molar-refractivity contribution in [2.24, 2.45) is 0 Å². The van der Waals surface area contributed by atoms with Gasteiger partial charge in [0.05, 0.1) is 49.0 Å². The molecule has 0 fully saturated rings. The molecule has 3 heterocycles. The number of para-hydroxylation sites is 3. The van der Waals surface area contributed by atoms with Crippen LogP contribution in [0.25, 0.3) is 55.1 Å². The standard InChI is InChI=1S/C36H22N4O2S/c37-22-24-14-18-27(19-15-24)43(41,42)28-20-16-26(17-21-28)40-33-13-7-5-11-30(33)34-36(40)35-31(23-38-34)29-10-4-6-12-32(29)39(35)25-8-2-1-3-9-25/h1-21,23H. The number of nitrogens with zero attached hydrogens (tertiary/aromatic N) is 4. The molecule has 8 rings (SSSR count). The summed E-state index contributed by atoms with van der Waals surface area (Å²) in [7, 11) is -3.76. The van der Waals surface area contributed by atoms with E-state index in [2.05, 4.69) is 45.5 Å². The summed E-state index contributed by atoms with van der Waals surface area (Å²) in [5.74, 6) is 0. The van der Waals surface area contributed by atoms with Crippen LogP contribution in [0.5, 0.6) is 0 Å². The van der Waals surface area contributed by atoms with E-state index in [0.29, 0.717) is 5.56 Å². The van der Waals surface area contributed by atoms with Gasteiger partial charge in [0.15, 0.2) is 0 Å². The van der Waals surface area contributed by atoms with Gasteiger partial charge < -0.3 is 9.13 Å². The van der Waals surface area contributed by atoms with Crippen molar-refractivity contribution in [1.82, 2.24) is 14.1 Å². The fourth-order valence-corrected chi connectivity index (χ4v) is 7.32. The van der Waals surface area contributed by atoms with Crippen LogP contribution in [-0.4, -0.2) is 22.5 Å². The molecule has 6 nitrogen and oxygen atoms in total. The van der Waals surface area contributed by atoms with Gasteiger partial charge in [0.1, 0.15) is 0 Å². The Morgan fingerprint density at radius 2 is 1.09 bits per heavy atom. The van der Waals surface area contributed by atoms with Gasteiger partial charge in [-0.05, 0) is 72.8 Å². The van der Waals surface area contributed by atoms with Gasteiger partial charge in [-0.3, -0.25) is 4.98 Å². The highest BCUT2D eigenvalue weighted by Gasteiger charge is 2.23. The molecule has 0 aliphatic carbocycles. The lowest BCUT2D eigenvalue weighted by Gasteiger charge is -2.13. The largest absolute Gasteiger partial charge is 0.307 e. The van der Waals surface area contributed by atoms with Crippen molar-refractivity contribution in [2.75, 3.05) is 0 Å². The van der Waals surface area contributed by atoms with Crippen LogP contribution in [0.15, 0.2) is 143 Å². The van der Waals surface area contributed by atoms with E-state index < -0.39 is 9.84 Å². The highest BCUT2D eigenvalue weighted by atomic mass is 32.2. The molecule has 0 saturated heterocycles. The second kappa shape index (κ2) is 9.41. The molecule has 0 spiro atoms. The number of nitriles is 1. The summed E-state index contributed by atoms with van der Waals surface area (Å²) in [6.07, 6.45) is 1.96. The Hall–Kier alpha value is -5.71. The summed E-state index contributed by atoms with van der Waals surface area (Å²) < 4.78 is 31.3. The van der Waals surface area contributed by atoms with E-state index in [4.69, 9.17) is 10.2 Å². The molecule has 3 aromatic heterocycles. The van der Waals surface area contributed by atoms with Gasteiger partial charge in [-0.2, -0.15) is 5.26 Å². The van der Waals surface area contributed by atoms with Crippen LogP contribution < -0.4 is 0 Å². The first-order valence-electron chi connectivity index (χ1n) is 13.8. The summed E-state index contributed by atoms with van der Waals surface area (Å²) in [4.78, 5) is 5.33. The van der Waals surface area contributed by atoms with E-state index in [-0.39, 0.29) is 9.79 Å². The summed E-state index contributed by atoms with van der Waals surface area (Å²) in [5.41, 5.74) is 7.19. The maximum absolute atomic E-state index is 13.4. The predicted octanol–water partition coefficient (Wildman–Crippen LogP) is 7.98. The Bertz CT molecular complexity index is 2500. The van der Waals surface area contributed by atoms with E-state index in [0.717, 1.165) is 55.1 Å². The molecular weight excluding hydrogens is 552 g/mol. The first kappa shape index (κ1) is 25.0. The maximum atomic E-state index is 13.4. The molecule has 0 aliphatic heterocycles. The molecule has 0 atom stereocenters. The van der Waals surface area contributed by atoms with Crippen LogP contribution in [0.1, 0.15) is 5.56 Å². The average molecular weight is 575 g/mol. The molecule has 0 radical (unpaired) electrons. The van der Waals surface area contributed by atoms with Crippen molar-refractivity contribution in [3.63, 3.8) is 0 Å². The van der Waals surface area contributed by atoms with Crippen molar-refractivity contribution in [3.05, 3.63) is 139 Å². The second-order valence-electron chi connectivity index (χ2n) is 10.4. The highest BCUT2D eigenvalue weighted by Crippen LogP contribution is 2.40. The molecular formula is C36H22N4O2S. The van der Waals surface area contributed by atoms with Crippen molar-refractivity contribution in [1.29, 1.82) is 5.26 Å². The SMILES string of the molecule is N#Cc1ccc(S(=O)(=O)c2ccc(-n3c4ccccc4c4ncc5c6ccccc6n(-c6ccccc6)c5c43)cc2)cc1. The molecule has 43 heavy (non-hydrogen) atoms. The van der Waals surface area contributed by atoms with Crippen LogP contribution in [-0.2, 0) is 9.84 Å². The predicted molar refractivity (Wildman–Crippen MR) is 170 cm³/mol. The van der Waals surface area contributed by atoms with Crippen LogP contribution in [0, 0.1) is 11.3 Å². The zero-order valence-electron chi connectivity index (χ0n) is 22.7. The molecule has 5 aromatic carbocycles. The Labute approximate surface area is 247 Å². The van der Waals surface area contributed by atoms with Gasteiger partial charge in [-0.25, -0.2) is 8.42 Å². The zero-order chi connectivity index (χ0) is 29.1. The highest BCUT2D eigenvalue weighted by molar-refractivity contribution is 7.91. The van der Waals surface area contributed by atoms with E-state index in [1.165, 1.54) is 24.3 Å². The number of hydrogen-bond donors (Lipinski definition) is 0. The summed E-state index contributed by atoms with van der Waals surface area (Å²) in [5, 5.41) is 12.3. The molecule has 7 heteroatoms. The van der Waals surface area contributed by atoms with Gasteiger partial charge in [-0.15, -0.1) is 0 Å². The smallest absolute Gasteiger partial charge is 0.206 e.